The second-order valence-electron chi connectivity index (χ2n) is 5.39. The molecular formula is C14H22O6. The Morgan fingerprint density at radius 1 is 1.25 bits per heavy atom. The van der Waals surface area contributed by atoms with Crippen molar-refractivity contribution >= 4 is 11.9 Å². The quantitative estimate of drug-likeness (QED) is 0.725. The van der Waals surface area contributed by atoms with Crippen molar-refractivity contribution in [3.8, 4) is 0 Å². The summed E-state index contributed by atoms with van der Waals surface area (Å²) in [6, 6.07) is 0. The van der Waals surface area contributed by atoms with Crippen LogP contribution in [-0.2, 0) is 28.5 Å². The second-order valence-corrected chi connectivity index (χ2v) is 5.39. The summed E-state index contributed by atoms with van der Waals surface area (Å²) in [5.41, 5.74) is 0. The fraction of sp³-hybridized carbons (Fsp3) is 0.857. The molecule has 2 rings (SSSR count). The van der Waals surface area contributed by atoms with Gasteiger partial charge in [-0.2, -0.15) is 0 Å². The van der Waals surface area contributed by atoms with Gasteiger partial charge in [-0.25, -0.2) is 0 Å². The van der Waals surface area contributed by atoms with Crippen LogP contribution < -0.4 is 0 Å². The number of carbonyl (C=O) groups is 2. The van der Waals surface area contributed by atoms with Crippen molar-refractivity contribution in [3.05, 3.63) is 0 Å². The Morgan fingerprint density at radius 3 is 2.60 bits per heavy atom. The molecule has 0 unspecified atom stereocenters. The molecule has 0 saturated carbocycles. The summed E-state index contributed by atoms with van der Waals surface area (Å²) in [5, 5.41) is 0. The zero-order valence-electron chi connectivity index (χ0n) is 12.2. The third-order valence-electron chi connectivity index (χ3n) is 3.95. The minimum Gasteiger partial charge on any atom is -0.463 e. The lowest BCUT2D eigenvalue weighted by atomic mass is 9.84. The van der Waals surface area contributed by atoms with Crippen LogP contribution in [0, 0.1) is 11.8 Å². The van der Waals surface area contributed by atoms with Crippen molar-refractivity contribution in [3.63, 3.8) is 0 Å². The lowest BCUT2D eigenvalue weighted by molar-refractivity contribution is -0.236. The monoisotopic (exact) mass is 286 g/mol. The number of esters is 2. The van der Waals surface area contributed by atoms with Crippen LogP contribution in [0.25, 0.3) is 0 Å². The van der Waals surface area contributed by atoms with Crippen LogP contribution in [0.1, 0.15) is 33.6 Å². The van der Waals surface area contributed by atoms with E-state index in [2.05, 4.69) is 6.92 Å². The van der Waals surface area contributed by atoms with Gasteiger partial charge in [0.2, 0.25) is 0 Å². The van der Waals surface area contributed by atoms with Crippen molar-refractivity contribution in [1.29, 1.82) is 0 Å². The Kier molecular flexibility index (Phi) is 4.99. The molecular weight excluding hydrogens is 264 g/mol. The first-order valence-electron chi connectivity index (χ1n) is 7.09. The SMILES string of the molecule is CC[C@H]1CO[C@H]2O[C@H](COC(C)=O)[C@@H](OC(C)=O)C[C@@H]12. The van der Waals surface area contributed by atoms with Gasteiger partial charge in [0, 0.05) is 19.8 Å². The first-order valence-corrected chi connectivity index (χ1v) is 7.09. The minimum absolute atomic E-state index is 0.0800. The summed E-state index contributed by atoms with van der Waals surface area (Å²) in [6.45, 7) is 5.57. The van der Waals surface area contributed by atoms with Gasteiger partial charge in [0.1, 0.15) is 18.8 Å². The summed E-state index contributed by atoms with van der Waals surface area (Å²) < 4.78 is 21.8. The summed E-state index contributed by atoms with van der Waals surface area (Å²) in [4.78, 5) is 22.1. The summed E-state index contributed by atoms with van der Waals surface area (Å²) in [7, 11) is 0. The first kappa shape index (κ1) is 15.3. The molecule has 2 fully saturated rings. The van der Waals surface area contributed by atoms with Crippen LogP contribution >= 0.6 is 0 Å². The van der Waals surface area contributed by atoms with Crippen molar-refractivity contribution in [2.45, 2.75) is 52.1 Å². The Hall–Kier alpha value is -1.14. The van der Waals surface area contributed by atoms with Crippen molar-refractivity contribution in [1.82, 2.24) is 0 Å². The smallest absolute Gasteiger partial charge is 0.302 e. The summed E-state index contributed by atoms with van der Waals surface area (Å²) in [6.07, 6.45) is 0.566. The molecule has 0 aliphatic carbocycles. The minimum atomic E-state index is -0.459. The second kappa shape index (κ2) is 6.54. The van der Waals surface area contributed by atoms with E-state index in [0.717, 1.165) is 6.42 Å². The Labute approximate surface area is 118 Å². The van der Waals surface area contributed by atoms with Crippen LogP contribution in [0.3, 0.4) is 0 Å². The highest BCUT2D eigenvalue weighted by atomic mass is 16.7. The van der Waals surface area contributed by atoms with Crippen molar-refractivity contribution < 1.29 is 28.5 Å². The normalized spacial score (nSPS) is 36.2. The summed E-state index contributed by atoms with van der Waals surface area (Å²) >= 11 is 0. The molecule has 0 spiro atoms. The van der Waals surface area contributed by atoms with E-state index in [1.807, 2.05) is 0 Å². The van der Waals surface area contributed by atoms with Gasteiger partial charge in [0.05, 0.1) is 6.61 Å². The van der Waals surface area contributed by atoms with E-state index in [1.165, 1.54) is 13.8 Å². The van der Waals surface area contributed by atoms with Gasteiger partial charge in [-0.05, 0) is 12.3 Å². The Morgan fingerprint density at radius 2 is 2.00 bits per heavy atom. The molecule has 0 aromatic carbocycles. The van der Waals surface area contributed by atoms with Gasteiger partial charge in [0.15, 0.2) is 6.29 Å². The molecule has 0 bridgehead atoms. The molecule has 2 saturated heterocycles. The molecule has 0 aromatic heterocycles. The van der Waals surface area contributed by atoms with Crippen molar-refractivity contribution in [2.75, 3.05) is 13.2 Å². The van der Waals surface area contributed by atoms with Crippen LogP contribution in [0.5, 0.6) is 0 Å². The Bertz CT molecular complexity index is 369. The molecule has 2 aliphatic rings. The van der Waals surface area contributed by atoms with Gasteiger partial charge in [-0.1, -0.05) is 13.3 Å². The molecule has 5 atom stereocenters. The molecule has 6 heteroatoms. The van der Waals surface area contributed by atoms with Gasteiger partial charge in [0.25, 0.3) is 0 Å². The van der Waals surface area contributed by atoms with Gasteiger partial charge < -0.3 is 18.9 Å². The molecule has 114 valence electrons. The maximum atomic E-state index is 11.2. The largest absolute Gasteiger partial charge is 0.463 e. The zero-order chi connectivity index (χ0) is 14.7. The van der Waals surface area contributed by atoms with Crippen LogP contribution in [0.2, 0.25) is 0 Å². The van der Waals surface area contributed by atoms with E-state index >= 15 is 0 Å². The van der Waals surface area contributed by atoms with Crippen LogP contribution in [-0.4, -0.2) is 43.7 Å². The van der Waals surface area contributed by atoms with E-state index in [1.54, 1.807) is 0 Å². The van der Waals surface area contributed by atoms with E-state index in [-0.39, 0.29) is 36.9 Å². The maximum absolute atomic E-state index is 11.2. The average Bonchev–Trinajstić information content (AvgIpc) is 2.77. The number of ether oxygens (including phenoxy) is 4. The predicted molar refractivity (Wildman–Crippen MR) is 68.7 cm³/mol. The van der Waals surface area contributed by atoms with Gasteiger partial charge in [-0.15, -0.1) is 0 Å². The van der Waals surface area contributed by atoms with E-state index < -0.39 is 6.10 Å². The highest BCUT2D eigenvalue weighted by Crippen LogP contribution is 2.39. The molecule has 0 N–H and O–H groups in total. The standard InChI is InChI=1S/C14H22O6/c1-4-10-6-18-14-11(10)5-12(19-9(3)16)13(20-14)7-17-8(2)15/h10-14H,4-7H2,1-3H3/t10-,11-,12-,13+,14-/m0/s1. The molecule has 0 aromatic rings. The van der Waals surface area contributed by atoms with E-state index in [4.69, 9.17) is 18.9 Å². The number of hydrogen-bond donors (Lipinski definition) is 0. The number of hydrogen-bond acceptors (Lipinski definition) is 6. The van der Waals surface area contributed by atoms with Crippen LogP contribution in [0.4, 0.5) is 0 Å². The third-order valence-corrected chi connectivity index (χ3v) is 3.95. The van der Waals surface area contributed by atoms with Gasteiger partial charge >= 0.3 is 11.9 Å². The molecule has 2 aliphatic heterocycles. The fourth-order valence-corrected chi connectivity index (χ4v) is 2.92. The number of carbonyl (C=O) groups excluding carboxylic acids is 2. The number of fused-ring (bicyclic) bond motifs is 1. The topological polar surface area (TPSA) is 71.1 Å². The molecule has 20 heavy (non-hydrogen) atoms. The maximum Gasteiger partial charge on any atom is 0.302 e. The van der Waals surface area contributed by atoms with E-state index in [0.29, 0.717) is 18.9 Å². The number of rotatable bonds is 4. The lowest BCUT2D eigenvalue weighted by Gasteiger charge is -2.38. The Balaban J connectivity index is 2.02. The average molecular weight is 286 g/mol. The highest BCUT2D eigenvalue weighted by molar-refractivity contribution is 5.66. The molecule has 2 heterocycles. The lowest BCUT2D eigenvalue weighted by Crippen LogP contribution is -2.48. The third kappa shape index (κ3) is 3.49. The summed E-state index contributed by atoms with van der Waals surface area (Å²) in [5.74, 6) is -0.0708. The highest BCUT2D eigenvalue weighted by Gasteiger charge is 2.47. The van der Waals surface area contributed by atoms with Crippen LogP contribution in [0.15, 0.2) is 0 Å². The van der Waals surface area contributed by atoms with Gasteiger partial charge in [-0.3, -0.25) is 9.59 Å². The van der Waals surface area contributed by atoms with Crippen molar-refractivity contribution in [2.24, 2.45) is 11.8 Å². The predicted octanol–water partition coefficient (Wildman–Crippen LogP) is 1.27. The molecule has 0 radical (unpaired) electrons. The van der Waals surface area contributed by atoms with E-state index in [9.17, 15) is 9.59 Å². The fourth-order valence-electron chi connectivity index (χ4n) is 2.92. The molecule has 6 nitrogen and oxygen atoms in total. The first-order chi connectivity index (χ1) is 9.51. The molecule has 0 amide bonds. The zero-order valence-corrected chi connectivity index (χ0v) is 12.2.